The summed E-state index contributed by atoms with van der Waals surface area (Å²) in [6.07, 6.45) is 4.28. The van der Waals surface area contributed by atoms with Crippen LogP contribution in [0, 0.1) is 6.92 Å². The molecular weight excluding hydrogens is 336 g/mol. The van der Waals surface area contributed by atoms with Crippen LogP contribution >= 0.6 is 0 Å². The maximum absolute atomic E-state index is 11.5. The number of nitrogens with zero attached hydrogens (tertiary/aromatic N) is 3. The van der Waals surface area contributed by atoms with Gasteiger partial charge in [-0.05, 0) is 76.0 Å². The molecule has 2 N–H and O–H groups in total. The molecule has 0 unspecified atom stereocenters. The van der Waals surface area contributed by atoms with Gasteiger partial charge in [-0.15, -0.1) is 0 Å². The third kappa shape index (κ3) is 2.84. The van der Waals surface area contributed by atoms with Crippen LogP contribution in [-0.4, -0.2) is 57.4 Å². The minimum absolute atomic E-state index is 0.0815. The van der Waals surface area contributed by atoms with Gasteiger partial charge in [-0.3, -0.25) is 14.9 Å². The topological polar surface area (TPSA) is 55.4 Å². The number of aromatic amines is 1. The largest absolute Gasteiger partial charge is 0.390 e. The minimum Gasteiger partial charge on any atom is -0.390 e. The maximum atomic E-state index is 11.5. The Morgan fingerprint density at radius 1 is 1.15 bits per heavy atom. The molecule has 2 aromatic rings. The summed E-state index contributed by atoms with van der Waals surface area (Å²) in [5.41, 5.74) is 4.94. The van der Waals surface area contributed by atoms with Crippen molar-refractivity contribution in [3.05, 3.63) is 52.8 Å². The number of aryl methyl sites for hydroxylation is 1. The highest BCUT2D eigenvalue weighted by Gasteiger charge is 2.54. The molecule has 2 atom stereocenters. The molecule has 1 aliphatic carbocycles. The Bertz CT molecular complexity index is 802. The van der Waals surface area contributed by atoms with Gasteiger partial charge < -0.3 is 5.11 Å². The smallest absolute Gasteiger partial charge is 0.0834 e. The molecular formula is C22H30N4O. The van der Waals surface area contributed by atoms with E-state index in [4.69, 9.17) is 0 Å². The Labute approximate surface area is 161 Å². The molecule has 27 heavy (non-hydrogen) atoms. The van der Waals surface area contributed by atoms with Crippen LogP contribution in [0.1, 0.15) is 54.2 Å². The number of aliphatic hydroxyl groups excluding tert-OH is 1. The highest BCUT2D eigenvalue weighted by molar-refractivity contribution is 5.45. The molecule has 5 heteroatoms. The normalized spacial score (nSPS) is 28.1. The van der Waals surface area contributed by atoms with Crippen molar-refractivity contribution in [1.82, 2.24) is 20.0 Å². The molecule has 1 spiro atoms. The lowest BCUT2D eigenvalue weighted by atomic mass is 9.72. The number of likely N-dealkylation sites (tertiary alicyclic amines) is 2. The van der Waals surface area contributed by atoms with Crippen LogP contribution in [-0.2, 0) is 12.0 Å². The Hall–Kier alpha value is -1.69. The quantitative estimate of drug-likeness (QED) is 0.877. The van der Waals surface area contributed by atoms with E-state index in [0.717, 1.165) is 57.0 Å². The van der Waals surface area contributed by atoms with Crippen molar-refractivity contribution in [1.29, 1.82) is 0 Å². The predicted octanol–water partition coefficient (Wildman–Crippen LogP) is 2.76. The molecule has 3 heterocycles. The molecule has 3 aliphatic rings. The van der Waals surface area contributed by atoms with Crippen LogP contribution in [0.2, 0.25) is 0 Å². The Morgan fingerprint density at radius 2 is 1.89 bits per heavy atom. The zero-order chi connectivity index (χ0) is 18.4. The zero-order valence-corrected chi connectivity index (χ0v) is 16.2. The van der Waals surface area contributed by atoms with Gasteiger partial charge in [-0.25, -0.2) is 0 Å². The van der Waals surface area contributed by atoms with Crippen molar-refractivity contribution in [2.24, 2.45) is 0 Å². The van der Waals surface area contributed by atoms with Crippen molar-refractivity contribution in [2.45, 2.75) is 56.7 Å². The van der Waals surface area contributed by atoms with E-state index in [0.29, 0.717) is 0 Å². The van der Waals surface area contributed by atoms with E-state index in [-0.39, 0.29) is 17.6 Å². The summed E-state index contributed by atoms with van der Waals surface area (Å²) in [6.45, 7) is 7.22. The van der Waals surface area contributed by atoms with Gasteiger partial charge in [0.25, 0.3) is 0 Å². The molecule has 5 rings (SSSR count). The predicted molar refractivity (Wildman–Crippen MR) is 106 cm³/mol. The van der Waals surface area contributed by atoms with E-state index in [9.17, 15) is 5.11 Å². The van der Waals surface area contributed by atoms with Crippen LogP contribution < -0.4 is 0 Å². The fourth-order valence-corrected chi connectivity index (χ4v) is 5.72. The van der Waals surface area contributed by atoms with Crippen LogP contribution in [0.25, 0.3) is 0 Å². The van der Waals surface area contributed by atoms with Crippen LogP contribution in [0.15, 0.2) is 30.3 Å². The SMILES string of the molecule is Cc1cc(CN2CCC3(CC2)c2ccccc2[C@@H](N2CCCC2)[C@@H]3O)n[nH]1. The second-order valence-corrected chi connectivity index (χ2v) is 8.69. The van der Waals surface area contributed by atoms with E-state index >= 15 is 0 Å². The summed E-state index contributed by atoms with van der Waals surface area (Å²) in [4.78, 5) is 5.01. The molecule has 0 bridgehead atoms. The number of H-pyrrole nitrogens is 1. The molecule has 2 saturated heterocycles. The lowest BCUT2D eigenvalue weighted by Gasteiger charge is -2.43. The molecule has 2 fully saturated rings. The maximum Gasteiger partial charge on any atom is 0.0834 e. The monoisotopic (exact) mass is 366 g/mol. The fraction of sp³-hybridized carbons (Fsp3) is 0.591. The standard InChI is InChI=1S/C22H30N4O/c1-16-14-17(24-23-16)15-25-12-8-22(9-13-25)19-7-3-2-6-18(19)20(21(22)27)26-10-4-5-11-26/h2-3,6-7,14,20-21,27H,4-5,8-13,15H2,1H3,(H,23,24)/t20-,21+/m1/s1. The number of aliphatic hydroxyl groups is 1. The highest BCUT2D eigenvalue weighted by Crippen LogP contribution is 2.53. The molecule has 5 nitrogen and oxygen atoms in total. The highest BCUT2D eigenvalue weighted by atomic mass is 16.3. The Balaban J connectivity index is 1.38. The first-order valence-corrected chi connectivity index (χ1v) is 10.4. The molecule has 0 saturated carbocycles. The van der Waals surface area contributed by atoms with Gasteiger partial charge in [0.1, 0.15) is 0 Å². The van der Waals surface area contributed by atoms with Gasteiger partial charge in [-0.2, -0.15) is 5.10 Å². The van der Waals surface area contributed by atoms with Crippen LogP contribution in [0.3, 0.4) is 0 Å². The summed E-state index contributed by atoms with van der Waals surface area (Å²) in [7, 11) is 0. The first-order chi connectivity index (χ1) is 13.2. The number of piperidine rings is 1. The molecule has 2 aliphatic heterocycles. The lowest BCUT2D eigenvalue weighted by Crippen LogP contribution is -2.49. The summed E-state index contributed by atoms with van der Waals surface area (Å²) >= 11 is 0. The average molecular weight is 367 g/mol. The summed E-state index contributed by atoms with van der Waals surface area (Å²) in [5, 5.41) is 19.0. The second kappa shape index (κ2) is 6.73. The molecule has 1 aromatic carbocycles. The molecule has 0 radical (unpaired) electrons. The van der Waals surface area contributed by atoms with E-state index in [1.165, 1.54) is 24.0 Å². The fourth-order valence-electron chi connectivity index (χ4n) is 5.72. The minimum atomic E-state index is -0.289. The number of benzene rings is 1. The first-order valence-electron chi connectivity index (χ1n) is 10.4. The second-order valence-electron chi connectivity index (χ2n) is 8.69. The van der Waals surface area contributed by atoms with E-state index < -0.39 is 0 Å². The van der Waals surface area contributed by atoms with Gasteiger partial charge >= 0.3 is 0 Å². The Morgan fingerprint density at radius 3 is 2.59 bits per heavy atom. The first kappa shape index (κ1) is 17.4. The van der Waals surface area contributed by atoms with Crippen molar-refractivity contribution in [3.8, 4) is 0 Å². The van der Waals surface area contributed by atoms with Crippen LogP contribution in [0.4, 0.5) is 0 Å². The van der Waals surface area contributed by atoms with Crippen molar-refractivity contribution < 1.29 is 5.11 Å². The van der Waals surface area contributed by atoms with Crippen molar-refractivity contribution in [3.63, 3.8) is 0 Å². The number of nitrogens with one attached hydrogen (secondary N) is 1. The molecule has 144 valence electrons. The van der Waals surface area contributed by atoms with Crippen molar-refractivity contribution in [2.75, 3.05) is 26.2 Å². The number of aromatic nitrogens is 2. The number of hydrogen-bond acceptors (Lipinski definition) is 4. The Kier molecular flexibility index (Phi) is 4.34. The average Bonchev–Trinajstić information content (AvgIpc) is 3.39. The van der Waals surface area contributed by atoms with Gasteiger partial charge in [-0.1, -0.05) is 24.3 Å². The van der Waals surface area contributed by atoms with Gasteiger partial charge in [0.2, 0.25) is 0 Å². The summed E-state index contributed by atoms with van der Waals surface area (Å²) in [6, 6.07) is 11.1. The number of fused-ring (bicyclic) bond motifs is 2. The van der Waals surface area contributed by atoms with Gasteiger partial charge in [0, 0.05) is 17.7 Å². The lowest BCUT2D eigenvalue weighted by molar-refractivity contribution is -0.0105. The molecule has 0 amide bonds. The van der Waals surface area contributed by atoms with Gasteiger partial charge in [0.15, 0.2) is 0 Å². The third-order valence-electron chi connectivity index (χ3n) is 7.11. The molecule has 1 aromatic heterocycles. The summed E-state index contributed by atoms with van der Waals surface area (Å²) < 4.78 is 0. The number of hydrogen-bond donors (Lipinski definition) is 2. The third-order valence-corrected chi connectivity index (χ3v) is 7.11. The van der Waals surface area contributed by atoms with Crippen molar-refractivity contribution >= 4 is 0 Å². The van der Waals surface area contributed by atoms with E-state index in [1.807, 2.05) is 6.92 Å². The number of rotatable bonds is 3. The van der Waals surface area contributed by atoms with Gasteiger partial charge in [0.05, 0.1) is 17.8 Å². The van der Waals surface area contributed by atoms with E-state index in [2.05, 4.69) is 50.3 Å². The van der Waals surface area contributed by atoms with Crippen LogP contribution in [0.5, 0.6) is 0 Å². The zero-order valence-electron chi connectivity index (χ0n) is 16.2. The summed E-state index contributed by atoms with van der Waals surface area (Å²) in [5.74, 6) is 0. The van der Waals surface area contributed by atoms with E-state index in [1.54, 1.807) is 0 Å².